The molecule has 1 saturated heterocycles. The number of nitrogens with zero attached hydrogens (tertiary/aromatic N) is 2. The van der Waals surface area contributed by atoms with E-state index in [1.165, 1.54) is 30.6 Å². The van der Waals surface area contributed by atoms with Gasteiger partial charge in [-0.15, -0.1) is 11.3 Å². The van der Waals surface area contributed by atoms with Crippen LogP contribution in [0.25, 0.3) is 21.2 Å². The molecule has 2 fully saturated rings. The van der Waals surface area contributed by atoms with E-state index < -0.39 is 0 Å². The largest absolute Gasteiger partial charge is 0.496 e. The zero-order valence-electron chi connectivity index (χ0n) is 20.9. The number of methoxy groups -OCH3 is 1. The summed E-state index contributed by atoms with van der Waals surface area (Å²) in [5.74, 6) is 1.68. The average Bonchev–Trinajstić information content (AvgIpc) is 3.54. The van der Waals surface area contributed by atoms with Crippen molar-refractivity contribution in [2.24, 2.45) is 18.4 Å². The summed E-state index contributed by atoms with van der Waals surface area (Å²) in [6, 6.07) is 8.40. The Morgan fingerprint density at radius 2 is 2.06 bits per heavy atom. The molecule has 2 aliphatic rings. The second-order valence-corrected chi connectivity index (χ2v) is 11.8. The van der Waals surface area contributed by atoms with Crippen molar-refractivity contribution in [1.29, 1.82) is 0 Å². The summed E-state index contributed by atoms with van der Waals surface area (Å²) in [6.45, 7) is 9.24. The Hall–Kier alpha value is -2.15. The number of benzene rings is 1. The van der Waals surface area contributed by atoms with Gasteiger partial charge in [0.25, 0.3) is 5.56 Å². The molecule has 5 rings (SSSR count). The Morgan fingerprint density at radius 1 is 1.24 bits per heavy atom. The molecule has 2 aromatic heterocycles. The molecule has 3 heterocycles. The van der Waals surface area contributed by atoms with Crippen LogP contribution in [0.2, 0.25) is 0 Å². The van der Waals surface area contributed by atoms with Gasteiger partial charge in [0.2, 0.25) is 0 Å². The number of pyridine rings is 1. The Kier molecular flexibility index (Phi) is 6.58. The van der Waals surface area contributed by atoms with E-state index in [0.717, 1.165) is 71.3 Å². The fraction of sp³-hybridized carbons (Fsp3) is 0.536. The molecule has 1 aliphatic carbocycles. The molecule has 5 nitrogen and oxygen atoms in total. The lowest BCUT2D eigenvalue weighted by molar-refractivity contribution is -0.00192. The smallest absolute Gasteiger partial charge is 0.259 e. The van der Waals surface area contributed by atoms with E-state index in [9.17, 15) is 4.79 Å². The van der Waals surface area contributed by atoms with E-state index in [2.05, 4.69) is 36.1 Å². The predicted molar refractivity (Wildman–Crippen MR) is 140 cm³/mol. The molecule has 1 atom stereocenters. The van der Waals surface area contributed by atoms with Gasteiger partial charge in [-0.3, -0.25) is 9.69 Å². The van der Waals surface area contributed by atoms with E-state index in [1.54, 1.807) is 23.0 Å². The minimum absolute atomic E-state index is 0.0669. The zero-order valence-corrected chi connectivity index (χ0v) is 21.7. The van der Waals surface area contributed by atoms with Gasteiger partial charge in [-0.25, -0.2) is 0 Å². The van der Waals surface area contributed by atoms with Crippen molar-refractivity contribution in [1.82, 2.24) is 9.47 Å². The quantitative estimate of drug-likeness (QED) is 0.420. The number of fused-ring (bicyclic) bond motifs is 1. The number of likely N-dealkylation sites (tertiary alicyclic amines) is 1. The van der Waals surface area contributed by atoms with Crippen LogP contribution in [-0.2, 0) is 18.3 Å². The van der Waals surface area contributed by atoms with E-state index in [4.69, 9.17) is 9.47 Å². The van der Waals surface area contributed by atoms with Gasteiger partial charge < -0.3 is 14.0 Å². The highest BCUT2D eigenvalue weighted by molar-refractivity contribution is 7.19. The molecule has 0 radical (unpaired) electrons. The zero-order chi connectivity index (χ0) is 23.9. The lowest BCUT2D eigenvalue weighted by atomic mass is 9.82. The fourth-order valence-electron chi connectivity index (χ4n) is 5.23. The molecule has 1 saturated carbocycles. The third-order valence-electron chi connectivity index (χ3n) is 7.36. The molecule has 0 bridgehead atoms. The summed E-state index contributed by atoms with van der Waals surface area (Å²) in [6.07, 6.45) is 7.06. The first-order valence-corrected chi connectivity index (χ1v) is 13.2. The van der Waals surface area contributed by atoms with E-state index in [-0.39, 0.29) is 11.0 Å². The Labute approximate surface area is 206 Å². The molecular formula is C28H36N2O3S. The van der Waals surface area contributed by atoms with Gasteiger partial charge in [-0.2, -0.15) is 0 Å². The van der Waals surface area contributed by atoms with Crippen LogP contribution in [-0.4, -0.2) is 42.9 Å². The van der Waals surface area contributed by atoms with Gasteiger partial charge in [0, 0.05) is 53.5 Å². The summed E-state index contributed by atoms with van der Waals surface area (Å²) in [5.41, 5.74) is 3.55. The summed E-state index contributed by atoms with van der Waals surface area (Å²) in [7, 11) is 3.54. The third-order valence-corrected chi connectivity index (χ3v) is 8.51. The first kappa shape index (κ1) is 23.6. The fourth-order valence-corrected chi connectivity index (χ4v) is 6.45. The maximum atomic E-state index is 13.0. The Bertz CT molecular complexity index is 1240. The van der Waals surface area contributed by atoms with Crippen molar-refractivity contribution in [3.63, 3.8) is 0 Å². The van der Waals surface area contributed by atoms with Crippen LogP contribution in [0.5, 0.6) is 5.75 Å². The van der Waals surface area contributed by atoms with Crippen molar-refractivity contribution in [3.8, 4) is 16.9 Å². The minimum atomic E-state index is 0.0669. The van der Waals surface area contributed by atoms with Crippen molar-refractivity contribution in [2.45, 2.75) is 46.1 Å². The molecule has 0 N–H and O–H groups in total. The van der Waals surface area contributed by atoms with Crippen LogP contribution in [0.1, 0.15) is 43.0 Å². The second-order valence-electron chi connectivity index (χ2n) is 10.7. The number of aromatic nitrogens is 1. The molecule has 182 valence electrons. The summed E-state index contributed by atoms with van der Waals surface area (Å²) < 4.78 is 14.4. The maximum Gasteiger partial charge on any atom is 0.259 e. The number of rotatable bonds is 8. The first-order chi connectivity index (χ1) is 16.3. The van der Waals surface area contributed by atoms with Crippen LogP contribution in [0.3, 0.4) is 0 Å². The van der Waals surface area contributed by atoms with Gasteiger partial charge >= 0.3 is 0 Å². The summed E-state index contributed by atoms with van der Waals surface area (Å²) in [4.78, 5) is 16.8. The first-order valence-electron chi connectivity index (χ1n) is 12.4. The van der Waals surface area contributed by atoms with Gasteiger partial charge in [0.05, 0.1) is 19.1 Å². The lowest BCUT2D eigenvalue weighted by Gasteiger charge is -2.40. The molecular weight excluding hydrogens is 444 g/mol. The number of thiophene rings is 1. The molecule has 1 unspecified atom stereocenters. The number of aryl methyl sites for hydroxylation is 2. The highest BCUT2D eigenvalue weighted by Crippen LogP contribution is 2.37. The van der Waals surface area contributed by atoms with Crippen molar-refractivity contribution in [3.05, 3.63) is 51.3 Å². The molecule has 34 heavy (non-hydrogen) atoms. The van der Waals surface area contributed by atoms with Gasteiger partial charge in [0.15, 0.2) is 0 Å². The topological polar surface area (TPSA) is 43.7 Å². The predicted octanol–water partition coefficient (Wildman–Crippen LogP) is 5.61. The molecule has 0 amide bonds. The van der Waals surface area contributed by atoms with E-state index in [1.807, 2.05) is 20.2 Å². The SMILES string of the molecule is COc1cc(-c2cn(C)c(=O)c3cc(CN4CCCC(C)(COCC5CC5)C4)sc23)ccc1C. The lowest BCUT2D eigenvalue weighted by Crippen LogP contribution is -2.43. The van der Waals surface area contributed by atoms with Crippen molar-refractivity contribution < 1.29 is 9.47 Å². The number of ether oxygens (including phenoxy) is 2. The van der Waals surface area contributed by atoms with Crippen LogP contribution in [0.15, 0.2) is 35.3 Å². The monoisotopic (exact) mass is 480 g/mol. The minimum Gasteiger partial charge on any atom is -0.496 e. The molecule has 1 aliphatic heterocycles. The Morgan fingerprint density at radius 3 is 2.82 bits per heavy atom. The van der Waals surface area contributed by atoms with Crippen LogP contribution in [0, 0.1) is 18.3 Å². The van der Waals surface area contributed by atoms with Crippen LogP contribution < -0.4 is 10.3 Å². The number of hydrogen-bond donors (Lipinski definition) is 0. The van der Waals surface area contributed by atoms with Gasteiger partial charge in [-0.1, -0.05) is 19.1 Å². The second kappa shape index (κ2) is 9.48. The molecule has 0 spiro atoms. The van der Waals surface area contributed by atoms with E-state index in [0.29, 0.717) is 0 Å². The van der Waals surface area contributed by atoms with Crippen molar-refractivity contribution in [2.75, 3.05) is 33.4 Å². The standard InChI is InChI=1S/C28H36N2O3S/c1-19-6-9-21(12-25(19)32-4)24-15-29(3)27(31)23-13-22(34-26(23)24)14-30-11-5-10-28(2,17-30)18-33-16-20-7-8-20/h6,9,12-13,15,20H,5,7-8,10-11,14,16-18H2,1-4H3. The molecule has 6 heteroatoms. The summed E-state index contributed by atoms with van der Waals surface area (Å²) in [5, 5.41) is 0.812. The van der Waals surface area contributed by atoms with E-state index >= 15 is 0 Å². The Balaban J connectivity index is 1.40. The molecule has 3 aromatic rings. The highest BCUT2D eigenvalue weighted by Gasteiger charge is 2.32. The maximum absolute atomic E-state index is 13.0. The van der Waals surface area contributed by atoms with Crippen molar-refractivity contribution >= 4 is 21.4 Å². The third kappa shape index (κ3) is 4.95. The van der Waals surface area contributed by atoms with Crippen LogP contribution in [0.4, 0.5) is 0 Å². The van der Waals surface area contributed by atoms with Gasteiger partial charge in [-0.05, 0) is 68.3 Å². The number of hydrogen-bond acceptors (Lipinski definition) is 5. The molecule has 1 aromatic carbocycles. The summed E-state index contributed by atoms with van der Waals surface area (Å²) >= 11 is 1.76. The number of piperidine rings is 1. The highest BCUT2D eigenvalue weighted by atomic mass is 32.1. The van der Waals surface area contributed by atoms with Gasteiger partial charge in [0.1, 0.15) is 5.75 Å². The normalized spacial score (nSPS) is 21.3. The average molecular weight is 481 g/mol. The van der Waals surface area contributed by atoms with Crippen LogP contribution >= 0.6 is 11.3 Å².